The first-order chi connectivity index (χ1) is 10.2. The first-order valence-electron chi connectivity index (χ1n) is 7.09. The maximum atomic E-state index is 12.1. The number of benzene rings is 2. The van der Waals surface area contributed by atoms with Crippen LogP contribution in [-0.2, 0) is 11.2 Å². The van der Waals surface area contributed by atoms with E-state index in [1.54, 1.807) is 12.1 Å². The summed E-state index contributed by atoms with van der Waals surface area (Å²) in [6.07, 6.45) is -0.348. The summed E-state index contributed by atoms with van der Waals surface area (Å²) in [6, 6.07) is 17.0. The van der Waals surface area contributed by atoms with Crippen LogP contribution in [0.15, 0.2) is 54.6 Å². The minimum Gasteiger partial charge on any atom is -0.383 e. The van der Waals surface area contributed by atoms with Crippen molar-refractivity contribution in [2.45, 2.75) is 18.6 Å². The van der Waals surface area contributed by atoms with Crippen molar-refractivity contribution in [1.29, 1.82) is 0 Å². The molecule has 3 rings (SSSR count). The molecule has 0 saturated heterocycles. The molecule has 2 atom stereocenters. The lowest BCUT2D eigenvalue weighted by molar-refractivity contribution is -0.130. The van der Waals surface area contributed by atoms with Gasteiger partial charge < -0.3 is 15.7 Å². The first kappa shape index (κ1) is 13.6. The number of rotatable bonds is 3. The van der Waals surface area contributed by atoms with Gasteiger partial charge in [-0.2, -0.15) is 0 Å². The number of carbonyl (C=O) groups is 1. The third kappa shape index (κ3) is 3.06. The van der Waals surface area contributed by atoms with Gasteiger partial charge in [-0.05, 0) is 23.6 Å². The van der Waals surface area contributed by atoms with Gasteiger partial charge in [-0.1, -0.05) is 48.5 Å². The number of para-hydroxylation sites is 1. The zero-order chi connectivity index (χ0) is 14.7. The fourth-order valence-electron chi connectivity index (χ4n) is 2.61. The van der Waals surface area contributed by atoms with E-state index >= 15 is 0 Å². The highest BCUT2D eigenvalue weighted by Gasteiger charge is 2.23. The summed E-state index contributed by atoms with van der Waals surface area (Å²) < 4.78 is 0. The molecule has 1 aliphatic rings. The van der Waals surface area contributed by atoms with Gasteiger partial charge in [0.2, 0.25) is 0 Å². The van der Waals surface area contributed by atoms with Gasteiger partial charge in [-0.15, -0.1) is 0 Å². The van der Waals surface area contributed by atoms with Crippen LogP contribution in [-0.4, -0.2) is 23.6 Å². The number of anilines is 1. The molecule has 1 aliphatic heterocycles. The van der Waals surface area contributed by atoms with E-state index in [0.29, 0.717) is 12.1 Å². The average Bonchev–Trinajstić information content (AvgIpc) is 2.55. The van der Waals surface area contributed by atoms with Gasteiger partial charge in [-0.3, -0.25) is 4.79 Å². The number of carbonyl (C=O) groups excluding carboxylic acids is 1. The summed E-state index contributed by atoms with van der Waals surface area (Å²) in [7, 11) is 0. The Bertz CT molecular complexity index is 628. The monoisotopic (exact) mass is 282 g/mol. The number of aliphatic hydroxyl groups excluding tert-OH is 1. The molecule has 1 heterocycles. The number of amides is 1. The Labute approximate surface area is 123 Å². The second-order valence-corrected chi connectivity index (χ2v) is 5.26. The van der Waals surface area contributed by atoms with Crippen LogP contribution in [0, 0.1) is 0 Å². The Kier molecular flexibility index (Phi) is 3.88. The summed E-state index contributed by atoms with van der Waals surface area (Å²) in [6.45, 7) is 0.671. The van der Waals surface area contributed by atoms with Crippen LogP contribution in [0.4, 0.5) is 5.69 Å². The lowest BCUT2D eigenvalue weighted by Crippen LogP contribution is -2.45. The molecule has 0 unspecified atom stereocenters. The average molecular weight is 282 g/mol. The molecule has 0 aliphatic carbocycles. The Morgan fingerprint density at radius 3 is 2.67 bits per heavy atom. The third-order valence-electron chi connectivity index (χ3n) is 3.73. The third-order valence-corrected chi connectivity index (χ3v) is 3.73. The summed E-state index contributed by atoms with van der Waals surface area (Å²) in [5.41, 5.74) is 2.91. The molecular formula is C17H18N2O2. The highest BCUT2D eigenvalue weighted by atomic mass is 16.3. The summed E-state index contributed by atoms with van der Waals surface area (Å²) in [4.78, 5) is 12.1. The van der Waals surface area contributed by atoms with Crippen molar-refractivity contribution in [2.75, 3.05) is 11.9 Å². The van der Waals surface area contributed by atoms with Crippen molar-refractivity contribution in [1.82, 2.24) is 5.32 Å². The lowest BCUT2D eigenvalue weighted by atomic mass is 9.99. The molecule has 0 bridgehead atoms. The van der Waals surface area contributed by atoms with Gasteiger partial charge >= 0.3 is 0 Å². The molecule has 0 aromatic heterocycles. The van der Waals surface area contributed by atoms with Crippen molar-refractivity contribution in [3.63, 3.8) is 0 Å². The van der Waals surface area contributed by atoms with Crippen molar-refractivity contribution >= 4 is 11.6 Å². The predicted molar refractivity (Wildman–Crippen MR) is 82.0 cm³/mol. The van der Waals surface area contributed by atoms with E-state index in [0.717, 1.165) is 12.1 Å². The summed E-state index contributed by atoms with van der Waals surface area (Å²) in [5.74, 6) is -0.354. The van der Waals surface area contributed by atoms with Crippen LogP contribution in [0.25, 0.3) is 0 Å². The molecule has 0 fully saturated rings. The zero-order valence-corrected chi connectivity index (χ0v) is 11.6. The van der Waals surface area contributed by atoms with E-state index in [-0.39, 0.29) is 11.9 Å². The van der Waals surface area contributed by atoms with Crippen molar-refractivity contribution in [3.8, 4) is 0 Å². The topological polar surface area (TPSA) is 61.4 Å². The minimum absolute atomic E-state index is 0.00855. The van der Waals surface area contributed by atoms with Crippen molar-refractivity contribution < 1.29 is 9.90 Å². The molecule has 0 saturated carbocycles. The Morgan fingerprint density at radius 2 is 1.86 bits per heavy atom. The SMILES string of the molecule is O=C(N[C@H]1CNc2ccccc2C1)[C@@H](O)c1ccccc1. The number of aliphatic hydroxyl groups is 1. The number of hydrogen-bond donors (Lipinski definition) is 3. The van der Waals surface area contributed by atoms with E-state index in [1.165, 1.54) is 5.56 Å². The van der Waals surface area contributed by atoms with Crippen LogP contribution in [0.2, 0.25) is 0 Å². The molecule has 0 spiro atoms. The second kappa shape index (κ2) is 5.97. The molecule has 3 N–H and O–H groups in total. The van der Waals surface area contributed by atoms with Crippen molar-refractivity contribution in [3.05, 3.63) is 65.7 Å². The van der Waals surface area contributed by atoms with Crippen LogP contribution >= 0.6 is 0 Å². The molecule has 2 aromatic rings. The normalized spacial score (nSPS) is 18.2. The highest BCUT2D eigenvalue weighted by molar-refractivity contribution is 5.82. The Balaban J connectivity index is 1.64. The first-order valence-corrected chi connectivity index (χ1v) is 7.09. The molecule has 108 valence electrons. The van der Waals surface area contributed by atoms with Crippen LogP contribution in [0.5, 0.6) is 0 Å². The molecule has 0 radical (unpaired) electrons. The van der Waals surface area contributed by atoms with Gasteiger partial charge in [0.05, 0.1) is 6.04 Å². The summed E-state index contributed by atoms with van der Waals surface area (Å²) >= 11 is 0. The van der Waals surface area contributed by atoms with Gasteiger partial charge in [0.25, 0.3) is 5.91 Å². The fraction of sp³-hybridized carbons (Fsp3) is 0.235. The van der Waals surface area contributed by atoms with E-state index in [4.69, 9.17) is 0 Å². The molecule has 2 aromatic carbocycles. The number of nitrogens with one attached hydrogen (secondary N) is 2. The van der Waals surface area contributed by atoms with Gasteiger partial charge in [0.1, 0.15) is 0 Å². The van der Waals surface area contributed by atoms with Gasteiger partial charge in [0, 0.05) is 12.2 Å². The quantitative estimate of drug-likeness (QED) is 0.805. The van der Waals surface area contributed by atoms with E-state index < -0.39 is 6.10 Å². The Hall–Kier alpha value is -2.33. The Morgan fingerprint density at radius 1 is 1.14 bits per heavy atom. The van der Waals surface area contributed by atoms with Gasteiger partial charge in [-0.25, -0.2) is 0 Å². The highest BCUT2D eigenvalue weighted by Crippen LogP contribution is 2.21. The predicted octanol–water partition coefficient (Wildman–Crippen LogP) is 1.87. The summed E-state index contributed by atoms with van der Waals surface area (Å²) in [5, 5.41) is 16.3. The minimum atomic E-state index is -1.12. The lowest BCUT2D eigenvalue weighted by Gasteiger charge is -2.27. The van der Waals surface area contributed by atoms with E-state index in [9.17, 15) is 9.90 Å². The van der Waals surface area contributed by atoms with Crippen LogP contribution in [0.3, 0.4) is 0 Å². The number of hydrogen-bond acceptors (Lipinski definition) is 3. The zero-order valence-electron chi connectivity index (χ0n) is 11.6. The van der Waals surface area contributed by atoms with Crippen LogP contribution < -0.4 is 10.6 Å². The largest absolute Gasteiger partial charge is 0.383 e. The maximum Gasteiger partial charge on any atom is 0.253 e. The smallest absolute Gasteiger partial charge is 0.253 e. The molecular weight excluding hydrogens is 264 g/mol. The van der Waals surface area contributed by atoms with E-state index in [1.807, 2.05) is 42.5 Å². The molecule has 4 heteroatoms. The maximum absolute atomic E-state index is 12.1. The van der Waals surface area contributed by atoms with Gasteiger partial charge in [0.15, 0.2) is 6.10 Å². The molecule has 4 nitrogen and oxygen atoms in total. The van der Waals surface area contributed by atoms with Crippen molar-refractivity contribution in [2.24, 2.45) is 0 Å². The standard InChI is InChI=1S/C17H18N2O2/c20-16(12-6-2-1-3-7-12)17(21)19-14-10-13-8-4-5-9-15(13)18-11-14/h1-9,14,16,18,20H,10-11H2,(H,19,21)/t14-,16+/m1/s1. The molecule has 21 heavy (non-hydrogen) atoms. The molecule has 1 amide bonds. The number of fused-ring (bicyclic) bond motifs is 1. The van der Waals surface area contributed by atoms with Crippen LogP contribution in [0.1, 0.15) is 17.2 Å². The van der Waals surface area contributed by atoms with E-state index in [2.05, 4.69) is 10.6 Å². The second-order valence-electron chi connectivity index (χ2n) is 5.26. The fourth-order valence-corrected chi connectivity index (χ4v) is 2.61.